The number of Topliss-reactive ketones (excluding diaryl/α,β-unsaturated/α-hetero) is 1. The van der Waals surface area contributed by atoms with Gasteiger partial charge in [0.05, 0.1) is 12.5 Å². The lowest BCUT2D eigenvalue weighted by molar-refractivity contribution is -0.165. The van der Waals surface area contributed by atoms with Crippen molar-refractivity contribution in [3.63, 3.8) is 0 Å². The Morgan fingerprint density at radius 2 is 1.83 bits per heavy atom. The number of hydrogen-bond donors (Lipinski definition) is 0. The molecule has 1 aromatic rings. The molecule has 128 valence electrons. The van der Waals surface area contributed by atoms with Crippen LogP contribution in [0.25, 0.3) is 0 Å². The number of halogens is 1. The van der Waals surface area contributed by atoms with E-state index in [1.54, 1.807) is 38.1 Å². The minimum atomic E-state index is -1.54. The summed E-state index contributed by atoms with van der Waals surface area (Å²) in [5, 5.41) is 0. The maximum atomic E-state index is 13.3. The summed E-state index contributed by atoms with van der Waals surface area (Å²) in [5.74, 6) is -2.08. The summed E-state index contributed by atoms with van der Waals surface area (Å²) < 4.78 is 11.2. The lowest BCUT2D eigenvalue weighted by Crippen LogP contribution is -2.40. The quantitative estimate of drug-likeness (QED) is 0.445. The van der Waals surface area contributed by atoms with Crippen molar-refractivity contribution in [2.75, 3.05) is 7.11 Å². The molecule has 2 fully saturated rings. The van der Waals surface area contributed by atoms with Gasteiger partial charge in [-0.05, 0) is 32.4 Å². The van der Waals surface area contributed by atoms with Gasteiger partial charge >= 0.3 is 11.9 Å². The summed E-state index contributed by atoms with van der Waals surface area (Å²) in [7, 11) is 1.23. The van der Waals surface area contributed by atoms with Gasteiger partial charge in [0.1, 0.15) is 5.60 Å². The molecular formula is C18H19BrO5. The predicted octanol–water partition coefficient (Wildman–Crippen LogP) is 3.15. The van der Waals surface area contributed by atoms with Crippen molar-refractivity contribution in [1.29, 1.82) is 0 Å². The van der Waals surface area contributed by atoms with E-state index in [2.05, 4.69) is 15.9 Å². The van der Waals surface area contributed by atoms with Gasteiger partial charge in [-0.25, -0.2) is 0 Å². The Labute approximate surface area is 148 Å². The number of carbonyl (C=O) groups is 3. The van der Waals surface area contributed by atoms with E-state index < -0.39 is 34.3 Å². The Balaban J connectivity index is 2.16. The number of fused-ring (bicyclic) bond motifs is 1. The first-order valence-corrected chi connectivity index (χ1v) is 8.61. The average Bonchev–Trinajstić information content (AvgIpc) is 3.14. The number of benzene rings is 1. The Morgan fingerprint density at radius 1 is 1.25 bits per heavy atom. The monoisotopic (exact) mass is 394 g/mol. The van der Waals surface area contributed by atoms with Gasteiger partial charge in [-0.2, -0.15) is 0 Å². The van der Waals surface area contributed by atoms with Crippen molar-refractivity contribution in [2.45, 2.75) is 32.8 Å². The zero-order valence-electron chi connectivity index (χ0n) is 14.0. The minimum absolute atomic E-state index is 0.211. The maximum absolute atomic E-state index is 13.3. The van der Waals surface area contributed by atoms with Crippen LogP contribution in [0.2, 0.25) is 0 Å². The first-order valence-electron chi connectivity index (χ1n) is 7.82. The molecule has 1 aliphatic carbocycles. The topological polar surface area (TPSA) is 69.7 Å². The van der Waals surface area contributed by atoms with E-state index >= 15 is 0 Å². The second-order valence-corrected chi connectivity index (χ2v) is 7.80. The summed E-state index contributed by atoms with van der Waals surface area (Å²) in [6, 6.07) is 6.93. The molecular weight excluding hydrogens is 376 g/mol. The third kappa shape index (κ3) is 1.78. The Kier molecular flexibility index (Phi) is 3.68. The molecule has 1 heterocycles. The number of esters is 2. The molecule has 3 rings (SSSR count). The van der Waals surface area contributed by atoms with Crippen molar-refractivity contribution in [3.05, 3.63) is 34.3 Å². The number of ether oxygens (including phenoxy) is 2. The number of rotatable bonds is 4. The van der Waals surface area contributed by atoms with Crippen LogP contribution in [0.1, 0.15) is 37.6 Å². The third-order valence-electron chi connectivity index (χ3n) is 5.50. The Morgan fingerprint density at radius 3 is 2.33 bits per heavy atom. The Bertz CT molecular complexity index is 738. The first kappa shape index (κ1) is 17.1. The first-order chi connectivity index (χ1) is 11.2. The molecule has 0 aromatic heterocycles. The van der Waals surface area contributed by atoms with Crippen LogP contribution in [-0.2, 0) is 19.1 Å². The fourth-order valence-corrected chi connectivity index (χ4v) is 4.95. The fourth-order valence-electron chi connectivity index (χ4n) is 4.68. The molecule has 6 heteroatoms. The van der Waals surface area contributed by atoms with Crippen LogP contribution < -0.4 is 0 Å². The highest BCUT2D eigenvalue weighted by molar-refractivity contribution is 9.10. The van der Waals surface area contributed by atoms with Crippen LogP contribution in [0.4, 0.5) is 0 Å². The molecule has 1 saturated heterocycles. The van der Waals surface area contributed by atoms with E-state index in [4.69, 9.17) is 9.47 Å². The smallest absolute Gasteiger partial charge is 0.325 e. The van der Waals surface area contributed by atoms with Gasteiger partial charge in [-0.15, -0.1) is 0 Å². The number of carbonyl (C=O) groups excluding carboxylic acids is 3. The van der Waals surface area contributed by atoms with Gasteiger partial charge in [-0.3, -0.25) is 14.4 Å². The fraction of sp³-hybridized carbons (Fsp3) is 0.500. The van der Waals surface area contributed by atoms with Crippen molar-refractivity contribution < 1.29 is 23.9 Å². The van der Waals surface area contributed by atoms with E-state index in [1.165, 1.54) is 7.11 Å². The van der Waals surface area contributed by atoms with Gasteiger partial charge in [0.2, 0.25) is 0 Å². The summed E-state index contributed by atoms with van der Waals surface area (Å²) in [6.45, 7) is 5.31. The second kappa shape index (κ2) is 5.15. The molecule has 1 aliphatic heterocycles. The number of methoxy groups -OCH3 is 1. The van der Waals surface area contributed by atoms with Gasteiger partial charge in [-0.1, -0.05) is 35.0 Å². The highest BCUT2D eigenvalue weighted by Crippen LogP contribution is 2.80. The van der Waals surface area contributed by atoms with E-state index in [0.29, 0.717) is 12.0 Å². The van der Waals surface area contributed by atoms with Gasteiger partial charge < -0.3 is 9.47 Å². The van der Waals surface area contributed by atoms with Crippen LogP contribution in [-0.4, -0.2) is 30.4 Å². The molecule has 0 unspecified atom stereocenters. The van der Waals surface area contributed by atoms with E-state index in [-0.39, 0.29) is 5.78 Å². The summed E-state index contributed by atoms with van der Waals surface area (Å²) in [6.07, 6.45) is 0.361. The number of ketones is 1. The Hall–Kier alpha value is -1.69. The van der Waals surface area contributed by atoms with Crippen molar-refractivity contribution >= 4 is 33.7 Å². The highest BCUT2D eigenvalue weighted by Gasteiger charge is 2.95. The molecule has 0 bridgehead atoms. The largest absolute Gasteiger partial charge is 0.468 e. The van der Waals surface area contributed by atoms with Gasteiger partial charge in [0.15, 0.2) is 11.2 Å². The van der Waals surface area contributed by atoms with Crippen LogP contribution >= 0.6 is 15.9 Å². The zero-order chi connectivity index (χ0) is 17.9. The van der Waals surface area contributed by atoms with E-state index in [1.807, 2.05) is 6.92 Å². The molecule has 0 spiro atoms. The van der Waals surface area contributed by atoms with Crippen molar-refractivity contribution in [2.24, 2.45) is 16.7 Å². The SMILES string of the molecule is CC[C@@]1(C(=O)c2ccc(Br)cc2)[C@@H]2C(C)(C)OC(=O)[C@]21C(=O)OC. The lowest BCUT2D eigenvalue weighted by atomic mass is 9.81. The summed E-state index contributed by atoms with van der Waals surface area (Å²) >= 11 is 3.34. The minimum Gasteiger partial charge on any atom is -0.468 e. The van der Waals surface area contributed by atoms with Crippen molar-refractivity contribution in [1.82, 2.24) is 0 Å². The van der Waals surface area contributed by atoms with Crippen LogP contribution in [0, 0.1) is 16.7 Å². The van der Waals surface area contributed by atoms with Crippen molar-refractivity contribution in [3.8, 4) is 0 Å². The summed E-state index contributed by atoms with van der Waals surface area (Å²) in [4.78, 5) is 38.5. The molecule has 2 aliphatic rings. The highest BCUT2D eigenvalue weighted by atomic mass is 79.9. The lowest BCUT2D eigenvalue weighted by Gasteiger charge is -2.28. The molecule has 0 radical (unpaired) electrons. The van der Waals surface area contributed by atoms with E-state index in [0.717, 1.165) is 4.47 Å². The molecule has 24 heavy (non-hydrogen) atoms. The second-order valence-electron chi connectivity index (χ2n) is 6.89. The molecule has 3 atom stereocenters. The molecule has 1 aromatic carbocycles. The van der Waals surface area contributed by atoms with Gasteiger partial charge in [0, 0.05) is 16.0 Å². The molecule has 5 nitrogen and oxygen atoms in total. The predicted molar refractivity (Wildman–Crippen MR) is 89.3 cm³/mol. The number of hydrogen-bond acceptors (Lipinski definition) is 5. The average molecular weight is 395 g/mol. The molecule has 0 N–H and O–H groups in total. The van der Waals surface area contributed by atoms with Crippen LogP contribution in [0.5, 0.6) is 0 Å². The van der Waals surface area contributed by atoms with Gasteiger partial charge in [0.25, 0.3) is 0 Å². The normalized spacial score (nSPS) is 32.7. The number of cyclic esters (lactones) is 1. The van der Waals surface area contributed by atoms with Crippen LogP contribution in [0.3, 0.4) is 0 Å². The third-order valence-corrected chi connectivity index (χ3v) is 6.02. The van der Waals surface area contributed by atoms with E-state index in [9.17, 15) is 14.4 Å². The maximum Gasteiger partial charge on any atom is 0.325 e. The summed E-state index contributed by atoms with van der Waals surface area (Å²) in [5.41, 5.74) is -3.08. The standard InChI is InChI=1S/C18H19BrO5/c1-5-17(12(20)10-6-8-11(19)9-7-10)13-16(2,3)24-15(22)18(13,17)14(21)23-4/h6-9,13H,5H2,1-4H3/t13-,17+,18+/m0/s1. The molecule has 1 saturated carbocycles. The zero-order valence-corrected chi connectivity index (χ0v) is 15.6. The van der Waals surface area contributed by atoms with Crippen LogP contribution in [0.15, 0.2) is 28.7 Å². The molecule has 0 amide bonds.